The average Bonchev–Trinajstić information content (AvgIpc) is 3.08. The monoisotopic (exact) mass is 399 g/mol. The van der Waals surface area contributed by atoms with Gasteiger partial charge in [0.2, 0.25) is 5.91 Å². The number of piperidine rings is 1. The van der Waals surface area contributed by atoms with Crippen LogP contribution in [0, 0.1) is 11.8 Å². The number of nitrogens with one attached hydrogen (secondary N) is 1. The zero-order valence-electron chi connectivity index (χ0n) is 15.4. The van der Waals surface area contributed by atoms with Crippen molar-refractivity contribution < 1.29 is 18.7 Å². The van der Waals surface area contributed by atoms with Crippen molar-refractivity contribution in [3.63, 3.8) is 0 Å². The summed E-state index contributed by atoms with van der Waals surface area (Å²) in [7, 11) is 0. The number of likely N-dealkylation sites (tertiary alicyclic amines) is 1. The summed E-state index contributed by atoms with van der Waals surface area (Å²) in [5.41, 5.74) is 0.398. The lowest BCUT2D eigenvalue weighted by Crippen LogP contribution is -2.45. The van der Waals surface area contributed by atoms with Crippen LogP contribution in [0.5, 0.6) is 0 Å². The molecule has 0 bridgehead atoms. The molecule has 27 heavy (non-hydrogen) atoms. The molecule has 1 fully saturated rings. The largest absolute Gasteiger partial charge is 0.382 e. The van der Waals surface area contributed by atoms with Crippen LogP contribution in [-0.2, 0) is 4.79 Å². The number of carbonyl (C=O) groups excluding carboxylic acids is 1. The van der Waals surface area contributed by atoms with E-state index in [1.807, 2.05) is 13.8 Å². The lowest BCUT2D eigenvalue weighted by atomic mass is 9.84. The smallest absolute Gasteiger partial charge is 0.280 e. The molecule has 0 radical (unpaired) electrons. The van der Waals surface area contributed by atoms with Gasteiger partial charge in [0.1, 0.15) is 6.10 Å². The van der Waals surface area contributed by atoms with Crippen molar-refractivity contribution in [1.82, 2.24) is 15.1 Å². The Bertz CT molecular complexity index is 816. The molecule has 2 N–H and O–H groups in total. The molecule has 2 aromatic rings. The Morgan fingerprint density at radius 2 is 2.07 bits per heavy atom. The Morgan fingerprint density at radius 3 is 2.70 bits per heavy atom. The minimum Gasteiger partial charge on any atom is -0.382 e. The molecule has 2 heterocycles. The number of aliphatic hydroxyl groups excluding tert-OH is 1. The summed E-state index contributed by atoms with van der Waals surface area (Å²) in [6.45, 7) is 4.48. The van der Waals surface area contributed by atoms with Crippen LogP contribution >= 0.6 is 11.6 Å². The van der Waals surface area contributed by atoms with Crippen LogP contribution in [0.25, 0.3) is 10.9 Å². The van der Waals surface area contributed by atoms with E-state index in [0.717, 1.165) is 0 Å². The molecule has 5 nitrogen and oxygen atoms in total. The van der Waals surface area contributed by atoms with Crippen molar-refractivity contribution >= 4 is 28.4 Å². The molecule has 1 unspecified atom stereocenters. The lowest BCUT2D eigenvalue weighted by Gasteiger charge is -2.38. The van der Waals surface area contributed by atoms with Crippen LogP contribution in [0.3, 0.4) is 0 Å². The number of fused-ring (bicyclic) bond motifs is 1. The number of carbonyl (C=O) groups is 1. The Kier molecular flexibility index (Phi) is 5.72. The van der Waals surface area contributed by atoms with Crippen molar-refractivity contribution in [3.05, 3.63) is 28.9 Å². The van der Waals surface area contributed by atoms with E-state index in [2.05, 4.69) is 10.2 Å². The Balaban J connectivity index is 1.74. The number of hydrogen-bond acceptors (Lipinski definition) is 3. The maximum atomic E-state index is 15.1. The number of hydrogen-bond donors (Lipinski definition) is 2. The van der Waals surface area contributed by atoms with Gasteiger partial charge < -0.3 is 10.0 Å². The maximum absolute atomic E-state index is 15.1. The van der Waals surface area contributed by atoms with Crippen molar-refractivity contribution in [3.8, 4) is 0 Å². The van der Waals surface area contributed by atoms with Gasteiger partial charge in [-0.2, -0.15) is 5.10 Å². The molecule has 1 aliphatic heterocycles. The number of aromatic amines is 1. The maximum Gasteiger partial charge on any atom is 0.280 e. The first-order valence-corrected chi connectivity index (χ1v) is 9.54. The predicted molar refractivity (Wildman–Crippen MR) is 99.8 cm³/mol. The summed E-state index contributed by atoms with van der Waals surface area (Å²) < 4.78 is 30.1. The summed E-state index contributed by atoms with van der Waals surface area (Å²) >= 11 is 6.01. The first-order valence-electron chi connectivity index (χ1n) is 9.16. The highest BCUT2D eigenvalue weighted by atomic mass is 35.5. The number of H-pyrrole nitrogens is 1. The molecule has 1 aliphatic rings. The second-order valence-electron chi connectivity index (χ2n) is 7.66. The topological polar surface area (TPSA) is 69.2 Å². The van der Waals surface area contributed by atoms with Gasteiger partial charge in [-0.25, -0.2) is 8.78 Å². The fourth-order valence-electron chi connectivity index (χ4n) is 3.69. The highest BCUT2D eigenvalue weighted by Gasteiger charge is 2.48. The summed E-state index contributed by atoms with van der Waals surface area (Å²) in [6.07, 6.45) is 0.210. The molecule has 3 rings (SSSR count). The third kappa shape index (κ3) is 4.09. The van der Waals surface area contributed by atoms with E-state index >= 15 is 8.78 Å². The molecule has 148 valence electrons. The molecule has 1 atom stereocenters. The van der Waals surface area contributed by atoms with Crippen LogP contribution in [-0.4, -0.2) is 45.1 Å². The van der Waals surface area contributed by atoms with Gasteiger partial charge in [0.05, 0.1) is 11.7 Å². The van der Waals surface area contributed by atoms with Gasteiger partial charge >= 0.3 is 0 Å². The Labute approximate surface area is 161 Å². The van der Waals surface area contributed by atoms with Crippen molar-refractivity contribution in [2.45, 2.75) is 45.1 Å². The summed E-state index contributed by atoms with van der Waals surface area (Å²) in [4.78, 5) is 13.8. The van der Waals surface area contributed by atoms with Crippen molar-refractivity contribution in [2.24, 2.45) is 11.8 Å². The highest BCUT2D eigenvalue weighted by molar-refractivity contribution is 6.31. The van der Waals surface area contributed by atoms with Crippen molar-refractivity contribution in [2.75, 3.05) is 13.1 Å². The first kappa shape index (κ1) is 20.0. The number of benzene rings is 1. The van der Waals surface area contributed by atoms with E-state index in [1.54, 1.807) is 11.0 Å². The number of halogens is 3. The summed E-state index contributed by atoms with van der Waals surface area (Å²) in [6, 6.07) is 2.95. The number of aromatic nitrogens is 2. The van der Waals surface area contributed by atoms with E-state index in [9.17, 15) is 9.90 Å². The molecule has 1 amide bonds. The molecular weight excluding hydrogens is 376 g/mol. The molecule has 0 spiro atoms. The third-order valence-corrected chi connectivity index (χ3v) is 5.40. The average molecular weight is 400 g/mol. The van der Waals surface area contributed by atoms with Gasteiger partial charge in [-0.15, -0.1) is 0 Å². The lowest BCUT2D eigenvalue weighted by molar-refractivity contribution is -0.164. The van der Waals surface area contributed by atoms with Gasteiger partial charge in [0.15, 0.2) is 0 Å². The number of nitrogens with zero attached hydrogens (tertiary/aromatic N) is 2. The fourth-order valence-corrected chi connectivity index (χ4v) is 3.92. The highest BCUT2D eigenvalue weighted by Crippen LogP contribution is 2.44. The van der Waals surface area contributed by atoms with Gasteiger partial charge in [-0.05, 0) is 30.9 Å². The molecular formula is C19H24ClF2N3O2. The SMILES string of the molecule is CC(C)CC(=O)N1CCC(C(F)(F)C(O)c2cc(Cl)cc3cn[nH]c23)CC1. The zero-order chi connectivity index (χ0) is 19.8. The normalized spacial score (nSPS) is 17.7. The van der Waals surface area contributed by atoms with Gasteiger partial charge in [0, 0.05) is 41.4 Å². The molecule has 0 saturated carbocycles. The predicted octanol–water partition coefficient (Wildman–Crippen LogP) is 4.17. The minimum absolute atomic E-state index is 0.00123. The summed E-state index contributed by atoms with van der Waals surface area (Å²) in [5.74, 6) is -4.11. The zero-order valence-corrected chi connectivity index (χ0v) is 16.1. The van der Waals surface area contributed by atoms with Gasteiger partial charge in [-0.1, -0.05) is 25.4 Å². The number of rotatable bonds is 5. The van der Waals surface area contributed by atoms with Gasteiger partial charge in [-0.3, -0.25) is 9.89 Å². The van der Waals surface area contributed by atoms with Crippen LogP contribution < -0.4 is 0 Å². The standard InChI is InChI=1S/C19H24ClF2N3O2/c1-11(2)7-16(26)25-5-3-13(4-6-25)19(21,22)18(27)15-9-14(20)8-12-10-23-24-17(12)15/h8-11,13,18,27H,3-7H2,1-2H3,(H,23,24). The third-order valence-electron chi connectivity index (χ3n) is 5.18. The fraction of sp³-hybridized carbons (Fsp3) is 0.579. The van der Waals surface area contributed by atoms with Crippen molar-refractivity contribution in [1.29, 1.82) is 0 Å². The van der Waals surface area contributed by atoms with Crippen LogP contribution in [0.2, 0.25) is 5.02 Å². The Hall–Kier alpha value is -1.73. The molecule has 1 aromatic carbocycles. The molecule has 1 aromatic heterocycles. The van der Waals surface area contributed by atoms with Crippen LogP contribution in [0.4, 0.5) is 8.78 Å². The second-order valence-corrected chi connectivity index (χ2v) is 8.10. The molecule has 8 heteroatoms. The summed E-state index contributed by atoms with van der Waals surface area (Å²) in [5, 5.41) is 17.8. The van der Waals surface area contributed by atoms with E-state index in [1.165, 1.54) is 12.3 Å². The molecule has 1 saturated heterocycles. The number of amides is 1. The van der Waals surface area contributed by atoms with E-state index in [4.69, 9.17) is 11.6 Å². The quantitative estimate of drug-likeness (QED) is 0.792. The van der Waals surface area contributed by atoms with E-state index < -0.39 is 17.9 Å². The van der Waals surface area contributed by atoms with Crippen LogP contribution in [0.15, 0.2) is 18.3 Å². The van der Waals surface area contributed by atoms with Gasteiger partial charge in [0.25, 0.3) is 5.92 Å². The number of aliphatic hydroxyl groups is 1. The Morgan fingerprint density at radius 1 is 1.41 bits per heavy atom. The molecule has 0 aliphatic carbocycles. The first-order chi connectivity index (χ1) is 12.7. The van der Waals surface area contributed by atoms with E-state index in [-0.39, 0.29) is 48.3 Å². The van der Waals surface area contributed by atoms with E-state index in [0.29, 0.717) is 17.3 Å². The second kappa shape index (κ2) is 7.72. The number of alkyl halides is 2. The minimum atomic E-state index is -3.34. The van der Waals surface area contributed by atoms with Crippen LogP contribution in [0.1, 0.15) is 44.8 Å².